The fraction of sp³-hybridized carbons (Fsp3) is 0.333. The standard InChI is InChI=1S/C15H16N2O2/c1-8-3-5-10(6-4-8)12-14(18)16-13(17-15(12)19)11-7-9(11)2/h3-6,9,11H,7H2,1-2H3,(H2,16,17,18,19). The molecule has 19 heavy (non-hydrogen) atoms. The van der Waals surface area contributed by atoms with Gasteiger partial charge in [0, 0.05) is 5.92 Å². The lowest BCUT2D eigenvalue weighted by molar-refractivity contribution is 0.449. The monoisotopic (exact) mass is 256 g/mol. The van der Waals surface area contributed by atoms with Crippen molar-refractivity contribution in [3.63, 3.8) is 0 Å². The first kappa shape index (κ1) is 12.0. The maximum atomic E-state index is 12.1. The SMILES string of the molecule is Cc1ccc(-c2c(O)nc(C3CC3C)[nH]c2=O)cc1. The molecule has 2 aromatic rings. The molecule has 1 aromatic heterocycles. The summed E-state index contributed by atoms with van der Waals surface area (Å²) in [5, 5.41) is 10.0. The zero-order valence-corrected chi connectivity index (χ0v) is 11.0. The number of nitrogens with one attached hydrogen (secondary N) is 1. The molecule has 1 aromatic carbocycles. The van der Waals surface area contributed by atoms with E-state index in [9.17, 15) is 9.90 Å². The molecule has 1 aliphatic carbocycles. The fourth-order valence-corrected chi connectivity index (χ4v) is 2.34. The molecule has 2 N–H and O–H groups in total. The van der Waals surface area contributed by atoms with Crippen molar-refractivity contribution >= 4 is 0 Å². The first-order chi connectivity index (χ1) is 9.06. The van der Waals surface area contributed by atoms with Gasteiger partial charge in [-0.1, -0.05) is 36.8 Å². The highest BCUT2D eigenvalue weighted by molar-refractivity contribution is 5.67. The van der Waals surface area contributed by atoms with Crippen molar-refractivity contribution in [2.24, 2.45) is 5.92 Å². The summed E-state index contributed by atoms with van der Waals surface area (Å²) >= 11 is 0. The molecule has 0 amide bonds. The lowest BCUT2D eigenvalue weighted by Gasteiger charge is -2.06. The molecular weight excluding hydrogens is 240 g/mol. The van der Waals surface area contributed by atoms with Crippen molar-refractivity contribution < 1.29 is 5.11 Å². The highest BCUT2D eigenvalue weighted by Crippen LogP contribution is 2.45. The van der Waals surface area contributed by atoms with E-state index in [4.69, 9.17) is 0 Å². The predicted molar refractivity (Wildman–Crippen MR) is 73.2 cm³/mol. The average Bonchev–Trinajstić information content (AvgIpc) is 3.08. The Bertz CT molecular complexity index is 674. The van der Waals surface area contributed by atoms with Gasteiger partial charge >= 0.3 is 0 Å². The molecule has 98 valence electrons. The van der Waals surface area contributed by atoms with Crippen molar-refractivity contribution in [2.75, 3.05) is 0 Å². The topological polar surface area (TPSA) is 66.0 Å². The Kier molecular flexibility index (Phi) is 2.66. The molecule has 4 heteroatoms. The highest BCUT2D eigenvalue weighted by atomic mass is 16.3. The van der Waals surface area contributed by atoms with Crippen LogP contribution < -0.4 is 5.56 Å². The Morgan fingerprint density at radius 2 is 1.95 bits per heavy atom. The van der Waals surface area contributed by atoms with E-state index in [0.29, 0.717) is 17.3 Å². The van der Waals surface area contributed by atoms with Crippen molar-refractivity contribution in [1.29, 1.82) is 0 Å². The third-order valence-corrected chi connectivity index (χ3v) is 3.72. The van der Waals surface area contributed by atoms with Gasteiger partial charge in [0.25, 0.3) is 5.56 Å². The second-order valence-corrected chi connectivity index (χ2v) is 5.34. The van der Waals surface area contributed by atoms with Gasteiger partial charge in [-0.2, -0.15) is 4.98 Å². The number of aromatic amines is 1. The number of rotatable bonds is 2. The summed E-state index contributed by atoms with van der Waals surface area (Å²) < 4.78 is 0. The van der Waals surface area contributed by atoms with Crippen LogP contribution in [0.3, 0.4) is 0 Å². The summed E-state index contributed by atoms with van der Waals surface area (Å²) in [6, 6.07) is 7.46. The number of hydrogen-bond acceptors (Lipinski definition) is 3. The molecule has 0 saturated heterocycles. The normalized spacial score (nSPS) is 21.4. The van der Waals surface area contributed by atoms with Gasteiger partial charge in [0.15, 0.2) is 0 Å². The lowest BCUT2D eigenvalue weighted by Crippen LogP contribution is -2.13. The number of benzene rings is 1. The van der Waals surface area contributed by atoms with Crippen molar-refractivity contribution in [3.05, 3.63) is 46.0 Å². The van der Waals surface area contributed by atoms with E-state index in [1.807, 2.05) is 31.2 Å². The van der Waals surface area contributed by atoms with Crippen LogP contribution in [0.25, 0.3) is 11.1 Å². The molecule has 0 radical (unpaired) electrons. The van der Waals surface area contributed by atoms with Gasteiger partial charge in [0.05, 0.1) is 0 Å². The summed E-state index contributed by atoms with van der Waals surface area (Å²) in [6.07, 6.45) is 1.02. The molecule has 1 saturated carbocycles. The van der Waals surface area contributed by atoms with Crippen molar-refractivity contribution in [3.8, 4) is 17.0 Å². The highest BCUT2D eigenvalue weighted by Gasteiger charge is 2.36. The number of H-pyrrole nitrogens is 1. The quantitative estimate of drug-likeness (QED) is 0.867. The Labute approximate surface area is 111 Å². The smallest absolute Gasteiger partial charge is 0.262 e. The number of aromatic hydroxyl groups is 1. The van der Waals surface area contributed by atoms with Gasteiger partial charge in [-0.3, -0.25) is 4.79 Å². The molecule has 4 nitrogen and oxygen atoms in total. The van der Waals surface area contributed by atoms with E-state index >= 15 is 0 Å². The van der Waals surface area contributed by atoms with Crippen LogP contribution in [-0.2, 0) is 0 Å². The van der Waals surface area contributed by atoms with Crippen LogP contribution in [0.1, 0.15) is 30.7 Å². The van der Waals surface area contributed by atoms with E-state index < -0.39 is 0 Å². The zero-order valence-electron chi connectivity index (χ0n) is 11.0. The molecule has 2 atom stereocenters. The second kappa shape index (κ2) is 4.23. The number of aromatic nitrogens is 2. The minimum Gasteiger partial charge on any atom is -0.493 e. The molecule has 0 aliphatic heterocycles. The molecular formula is C15H16N2O2. The minimum atomic E-state index is -0.273. The van der Waals surface area contributed by atoms with Crippen LogP contribution in [0.15, 0.2) is 29.1 Å². The molecule has 0 spiro atoms. The Morgan fingerprint density at radius 1 is 1.32 bits per heavy atom. The number of hydrogen-bond donors (Lipinski definition) is 2. The zero-order chi connectivity index (χ0) is 13.6. The largest absolute Gasteiger partial charge is 0.493 e. The second-order valence-electron chi connectivity index (χ2n) is 5.34. The summed E-state index contributed by atoms with van der Waals surface area (Å²) in [7, 11) is 0. The first-order valence-electron chi connectivity index (χ1n) is 6.46. The van der Waals surface area contributed by atoms with E-state index in [2.05, 4.69) is 16.9 Å². The first-order valence-corrected chi connectivity index (χ1v) is 6.46. The van der Waals surface area contributed by atoms with Crippen LogP contribution in [0.5, 0.6) is 5.88 Å². The van der Waals surface area contributed by atoms with Gasteiger partial charge in [0.2, 0.25) is 5.88 Å². The van der Waals surface area contributed by atoms with E-state index in [-0.39, 0.29) is 22.9 Å². The van der Waals surface area contributed by atoms with Gasteiger partial charge in [-0.15, -0.1) is 0 Å². The minimum absolute atomic E-state index is 0.179. The van der Waals surface area contributed by atoms with Crippen molar-refractivity contribution in [1.82, 2.24) is 9.97 Å². The van der Waals surface area contributed by atoms with Crippen molar-refractivity contribution in [2.45, 2.75) is 26.2 Å². The van der Waals surface area contributed by atoms with E-state index in [1.54, 1.807) is 0 Å². The van der Waals surface area contributed by atoms with Crippen LogP contribution in [0, 0.1) is 12.8 Å². The van der Waals surface area contributed by atoms with Crippen LogP contribution in [0.2, 0.25) is 0 Å². The molecule has 3 rings (SSSR count). The maximum absolute atomic E-state index is 12.1. The van der Waals surface area contributed by atoms with Gasteiger partial charge in [-0.05, 0) is 24.8 Å². The summed E-state index contributed by atoms with van der Waals surface area (Å²) in [6.45, 7) is 4.08. The summed E-state index contributed by atoms with van der Waals surface area (Å²) in [5.41, 5.74) is 1.77. The predicted octanol–water partition coefficient (Wildman–Crippen LogP) is 2.57. The van der Waals surface area contributed by atoms with Gasteiger partial charge in [-0.25, -0.2) is 0 Å². The number of aryl methyl sites for hydroxylation is 1. The Hall–Kier alpha value is -2.10. The molecule has 1 heterocycles. The molecule has 1 aliphatic rings. The fourth-order valence-electron chi connectivity index (χ4n) is 2.34. The molecule has 2 unspecified atom stereocenters. The Balaban J connectivity index is 2.07. The Morgan fingerprint density at radius 3 is 2.47 bits per heavy atom. The third-order valence-electron chi connectivity index (χ3n) is 3.72. The van der Waals surface area contributed by atoms with E-state index in [1.165, 1.54) is 0 Å². The summed E-state index contributed by atoms with van der Waals surface area (Å²) in [4.78, 5) is 19.1. The van der Waals surface area contributed by atoms with Gasteiger partial charge < -0.3 is 10.1 Å². The van der Waals surface area contributed by atoms with E-state index in [0.717, 1.165) is 12.0 Å². The number of nitrogens with zero attached hydrogens (tertiary/aromatic N) is 1. The lowest BCUT2D eigenvalue weighted by atomic mass is 10.1. The van der Waals surface area contributed by atoms with Crippen LogP contribution >= 0.6 is 0 Å². The maximum Gasteiger partial charge on any atom is 0.262 e. The van der Waals surface area contributed by atoms with Crippen LogP contribution in [-0.4, -0.2) is 15.1 Å². The average molecular weight is 256 g/mol. The molecule has 1 fully saturated rings. The van der Waals surface area contributed by atoms with Gasteiger partial charge in [0.1, 0.15) is 11.4 Å². The summed E-state index contributed by atoms with van der Waals surface area (Å²) in [5.74, 6) is 1.24. The third kappa shape index (κ3) is 2.14. The molecule has 0 bridgehead atoms. The van der Waals surface area contributed by atoms with Crippen LogP contribution in [0.4, 0.5) is 0 Å².